The lowest BCUT2D eigenvalue weighted by Gasteiger charge is -2.27. The van der Waals surface area contributed by atoms with E-state index in [9.17, 15) is 9.59 Å². The maximum Gasteiger partial charge on any atom is 0.256 e. The standard InChI is InChI=1S/C27H38N4O2/c1-5-17-31-25(23-15-8-9-16-24(23)27(31)33)29-22-14-10-13-21(19-22)26(32)28-20(4)12-11-18-30(6-2)7-3/h8-10,13-16,19-20,25,29H,5-7,11-12,17-18H2,1-4H3,(H,28,32). The molecule has 0 aliphatic carbocycles. The van der Waals surface area contributed by atoms with E-state index in [0.29, 0.717) is 12.1 Å². The minimum Gasteiger partial charge on any atom is -0.361 e. The van der Waals surface area contributed by atoms with E-state index in [2.05, 4.69) is 43.2 Å². The first-order chi connectivity index (χ1) is 16.0. The molecule has 0 spiro atoms. The van der Waals surface area contributed by atoms with E-state index >= 15 is 0 Å². The number of anilines is 1. The fourth-order valence-corrected chi connectivity index (χ4v) is 4.45. The van der Waals surface area contributed by atoms with Crippen LogP contribution in [0.2, 0.25) is 0 Å². The second kappa shape index (κ2) is 11.8. The molecule has 178 valence electrons. The molecule has 2 N–H and O–H groups in total. The van der Waals surface area contributed by atoms with E-state index in [1.165, 1.54) is 0 Å². The molecule has 2 amide bonds. The topological polar surface area (TPSA) is 64.7 Å². The molecule has 1 heterocycles. The summed E-state index contributed by atoms with van der Waals surface area (Å²) in [6, 6.07) is 15.4. The zero-order valence-corrected chi connectivity index (χ0v) is 20.4. The van der Waals surface area contributed by atoms with Gasteiger partial charge in [-0.15, -0.1) is 0 Å². The summed E-state index contributed by atoms with van der Waals surface area (Å²) in [5, 5.41) is 6.62. The summed E-state index contributed by atoms with van der Waals surface area (Å²) < 4.78 is 0. The highest BCUT2D eigenvalue weighted by Gasteiger charge is 2.35. The van der Waals surface area contributed by atoms with Gasteiger partial charge in [0.2, 0.25) is 0 Å². The minimum atomic E-state index is -0.231. The van der Waals surface area contributed by atoms with Gasteiger partial charge in [0.1, 0.15) is 6.17 Å². The molecule has 2 aromatic carbocycles. The Balaban J connectivity index is 1.64. The van der Waals surface area contributed by atoms with E-state index in [0.717, 1.165) is 55.7 Å². The van der Waals surface area contributed by atoms with Crippen molar-refractivity contribution in [3.8, 4) is 0 Å². The van der Waals surface area contributed by atoms with Crippen LogP contribution >= 0.6 is 0 Å². The molecular weight excluding hydrogens is 412 g/mol. The first kappa shape index (κ1) is 24.8. The fraction of sp³-hybridized carbons (Fsp3) is 0.481. The lowest BCUT2D eigenvalue weighted by atomic mass is 10.1. The maximum atomic E-state index is 12.9. The van der Waals surface area contributed by atoms with Gasteiger partial charge < -0.3 is 20.4 Å². The van der Waals surface area contributed by atoms with Crippen LogP contribution in [0.3, 0.4) is 0 Å². The van der Waals surface area contributed by atoms with Crippen molar-refractivity contribution >= 4 is 17.5 Å². The molecule has 0 saturated carbocycles. The average Bonchev–Trinajstić information content (AvgIpc) is 3.08. The predicted molar refractivity (Wildman–Crippen MR) is 135 cm³/mol. The number of fused-ring (bicyclic) bond motifs is 1. The Bertz CT molecular complexity index is 941. The summed E-state index contributed by atoms with van der Waals surface area (Å²) in [5.41, 5.74) is 3.17. The molecule has 6 nitrogen and oxygen atoms in total. The van der Waals surface area contributed by atoms with E-state index in [1.807, 2.05) is 53.4 Å². The van der Waals surface area contributed by atoms with Gasteiger partial charge in [-0.3, -0.25) is 9.59 Å². The Morgan fingerprint density at radius 3 is 2.58 bits per heavy atom. The Labute approximate surface area is 198 Å². The quantitative estimate of drug-likeness (QED) is 0.483. The molecule has 2 aromatic rings. The van der Waals surface area contributed by atoms with Crippen LogP contribution in [0.4, 0.5) is 5.69 Å². The van der Waals surface area contributed by atoms with Gasteiger partial charge in [-0.25, -0.2) is 0 Å². The summed E-state index contributed by atoms with van der Waals surface area (Å²) >= 11 is 0. The minimum absolute atomic E-state index is 0.0531. The zero-order chi connectivity index (χ0) is 23.8. The van der Waals surface area contributed by atoms with Crippen molar-refractivity contribution in [3.05, 3.63) is 65.2 Å². The summed E-state index contributed by atoms with van der Waals surface area (Å²) in [6.07, 6.45) is 2.66. The number of nitrogens with one attached hydrogen (secondary N) is 2. The van der Waals surface area contributed by atoms with Crippen LogP contribution in [0.5, 0.6) is 0 Å². The summed E-state index contributed by atoms with van der Waals surface area (Å²) in [7, 11) is 0. The van der Waals surface area contributed by atoms with Crippen LogP contribution in [0.1, 0.15) is 79.4 Å². The van der Waals surface area contributed by atoms with E-state index < -0.39 is 0 Å². The third kappa shape index (κ3) is 6.14. The Kier molecular flexibility index (Phi) is 8.89. The maximum absolute atomic E-state index is 12.9. The highest BCUT2D eigenvalue weighted by Crippen LogP contribution is 2.34. The van der Waals surface area contributed by atoms with Gasteiger partial charge in [0, 0.05) is 35.0 Å². The highest BCUT2D eigenvalue weighted by atomic mass is 16.2. The van der Waals surface area contributed by atoms with Crippen molar-refractivity contribution in [1.82, 2.24) is 15.1 Å². The number of amides is 2. The molecule has 0 bridgehead atoms. The van der Waals surface area contributed by atoms with Crippen LogP contribution in [0, 0.1) is 0 Å². The van der Waals surface area contributed by atoms with Gasteiger partial charge in [-0.2, -0.15) is 0 Å². The first-order valence-electron chi connectivity index (χ1n) is 12.3. The SMILES string of the molecule is CCCN1C(=O)c2ccccc2C1Nc1cccc(C(=O)NC(C)CCCN(CC)CC)c1. The number of hydrogen-bond acceptors (Lipinski definition) is 4. The number of nitrogens with zero attached hydrogens (tertiary/aromatic N) is 2. The molecule has 33 heavy (non-hydrogen) atoms. The lowest BCUT2D eigenvalue weighted by molar-refractivity contribution is 0.0742. The number of hydrogen-bond donors (Lipinski definition) is 2. The molecule has 6 heteroatoms. The Hall–Kier alpha value is -2.86. The van der Waals surface area contributed by atoms with E-state index in [4.69, 9.17) is 0 Å². The Morgan fingerprint density at radius 1 is 1.09 bits per heavy atom. The summed E-state index contributed by atoms with van der Waals surface area (Å²) in [5.74, 6) is -0.0142. The van der Waals surface area contributed by atoms with Gasteiger partial charge in [0.15, 0.2) is 0 Å². The highest BCUT2D eigenvalue weighted by molar-refractivity contribution is 5.99. The van der Waals surface area contributed by atoms with Crippen molar-refractivity contribution in [2.24, 2.45) is 0 Å². The van der Waals surface area contributed by atoms with Crippen molar-refractivity contribution in [3.63, 3.8) is 0 Å². The molecule has 0 radical (unpaired) electrons. The largest absolute Gasteiger partial charge is 0.361 e. The van der Waals surface area contributed by atoms with Crippen LogP contribution < -0.4 is 10.6 Å². The van der Waals surface area contributed by atoms with Crippen molar-refractivity contribution in [2.45, 2.75) is 59.2 Å². The van der Waals surface area contributed by atoms with Crippen LogP contribution in [-0.4, -0.2) is 53.8 Å². The van der Waals surface area contributed by atoms with Gasteiger partial charge in [-0.1, -0.05) is 45.0 Å². The molecule has 1 aliphatic rings. The fourth-order valence-electron chi connectivity index (χ4n) is 4.45. The number of carbonyl (C=O) groups excluding carboxylic acids is 2. The predicted octanol–water partition coefficient (Wildman–Crippen LogP) is 4.90. The molecular formula is C27H38N4O2. The molecule has 0 saturated heterocycles. The normalized spacial score (nSPS) is 16.1. The number of carbonyl (C=O) groups is 2. The molecule has 3 rings (SSSR count). The molecule has 0 aromatic heterocycles. The zero-order valence-electron chi connectivity index (χ0n) is 20.4. The molecule has 2 unspecified atom stereocenters. The number of rotatable bonds is 12. The summed E-state index contributed by atoms with van der Waals surface area (Å²) in [6.45, 7) is 12.3. The lowest BCUT2D eigenvalue weighted by Crippen LogP contribution is -2.34. The first-order valence-corrected chi connectivity index (χ1v) is 12.3. The van der Waals surface area contributed by atoms with Gasteiger partial charge in [0.05, 0.1) is 0 Å². The van der Waals surface area contributed by atoms with E-state index in [1.54, 1.807) is 0 Å². The molecule has 1 aliphatic heterocycles. The van der Waals surface area contributed by atoms with E-state index in [-0.39, 0.29) is 24.0 Å². The van der Waals surface area contributed by atoms with Crippen LogP contribution in [0.25, 0.3) is 0 Å². The molecule has 0 fully saturated rings. The smallest absolute Gasteiger partial charge is 0.256 e. The van der Waals surface area contributed by atoms with Gasteiger partial charge in [-0.05, 0) is 70.1 Å². The van der Waals surface area contributed by atoms with Crippen LogP contribution in [0.15, 0.2) is 48.5 Å². The van der Waals surface area contributed by atoms with Crippen molar-refractivity contribution < 1.29 is 9.59 Å². The molecule has 2 atom stereocenters. The Morgan fingerprint density at radius 2 is 1.85 bits per heavy atom. The second-order valence-electron chi connectivity index (χ2n) is 8.76. The summed E-state index contributed by atoms with van der Waals surface area (Å²) in [4.78, 5) is 30.0. The van der Waals surface area contributed by atoms with Gasteiger partial charge in [0.25, 0.3) is 11.8 Å². The van der Waals surface area contributed by atoms with Crippen molar-refractivity contribution in [2.75, 3.05) is 31.5 Å². The number of benzene rings is 2. The monoisotopic (exact) mass is 450 g/mol. The average molecular weight is 451 g/mol. The van der Waals surface area contributed by atoms with Gasteiger partial charge >= 0.3 is 0 Å². The second-order valence-corrected chi connectivity index (χ2v) is 8.76. The third-order valence-electron chi connectivity index (χ3n) is 6.33. The van der Waals surface area contributed by atoms with Crippen LogP contribution in [-0.2, 0) is 0 Å². The van der Waals surface area contributed by atoms with Crippen molar-refractivity contribution in [1.29, 1.82) is 0 Å². The third-order valence-corrected chi connectivity index (χ3v) is 6.33.